The predicted octanol–water partition coefficient (Wildman–Crippen LogP) is 1.97. The molecule has 1 aliphatic heterocycles. The summed E-state index contributed by atoms with van der Waals surface area (Å²) in [5.41, 5.74) is -2.00. The molecule has 0 amide bonds. The van der Waals surface area contributed by atoms with Crippen molar-refractivity contribution in [2.45, 2.75) is 18.0 Å². The molecule has 4 heterocycles. The number of hydrogen-bond acceptors (Lipinski definition) is 7. The number of rotatable bonds is 3. The van der Waals surface area contributed by atoms with Crippen molar-refractivity contribution >= 4 is 5.82 Å². The Kier molecular flexibility index (Phi) is 3.67. The standard InChI is InChI=1S/C15H14F3N7O/c1-24-8-10(21-23-24)12-20-13(26-22-12)14(15(16,17)18)5-7-25(9-14)11-4-2-3-6-19-11/h2-4,6,8H,5,7,9H2,1H3. The summed E-state index contributed by atoms with van der Waals surface area (Å²) in [5.74, 6) is -0.00983. The van der Waals surface area contributed by atoms with Gasteiger partial charge in [0.05, 0.1) is 6.20 Å². The number of alkyl halides is 3. The molecule has 0 aliphatic carbocycles. The lowest BCUT2D eigenvalue weighted by molar-refractivity contribution is -0.191. The zero-order valence-electron chi connectivity index (χ0n) is 13.7. The van der Waals surface area contributed by atoms with Gasteiger partial charge in [0.1, 0.15) is 5.82 Å². The largest absolute Gasteiger partial charge is 0.405 e. The smallest absolute Gasteiger partial charge is 0.355 e. The molecule has 26 heavy (non-hydrogen) atoms. The second-order valence-electron chi connectivity index (χ2n) is 6.14. The molecule has 3 aromatic heterocycles. The van der Waals surface area contributed by atoms with Crippen molar-refractivity contribution in [2.75, 3.05) is 18.0 Å². The minimum atomic E-state index is -4.55. The molecule has 4 rings (SSSR count). The number of pyridine rings is 1. The van der Waals surface area contributed by atoms with Gasteiger partial charge in [-0.05, 0) is 18.6 Å². The molecule has 0 N–H and O–H groups in total. The first kappa shape index (κ1) is 16.5. The van der Waals surface area contributed by atoms with Gasteiger partial charge in [-0.25, -0.2) is 4.98 Å². The Morgan fingerprint density at radius 1 is 1.27 bits per heavy atom. The maximum absolute atomic E-state index is 14.0. The van der Waals surface area contributed by atoms with Crippen LogP contribution in [0.25, 0.3) is 11.5 Å². The first-order chi connectivity index (χ1) is 12.4. The predicted molar refractivity (Wildman–Crippen MR) is 83.1 cm³/mol. The maximum atomic E-state index is 14.0. The summed E-state index contributed by atoms with van der Waals surface area (Å²) >= 11 is 0. The Morgan fingerprint density at radius 2 is 2.12 bits per heavy atom. The van der Waals surface area contributed by atoms with Gasteiger partial charge >= 0.3 is 6.18 Å². The lowest BCUT2D eigenvalue weighted by Gasteiger charge is -2.28. The fourth-order valence-corrected chi connectivity index (χ4v) is 3.04. The SMILES string of the molecule is Cn1cc(-c2noc(C3(C(F)(F)F)CCN(c4ccccn4)C3)n2)nn1. The van der Waals surface area contributed by atoms with E-state index in [4.69, 9.17) is 4.52 Å². The van der Waals surface area contributed by atoms with Crippen LogP contribution in [-0.4, -0.2) is 49.4 Å². The highest BCUT2D eigenvalue weighted by atomic mass is 19.4. The van der Waals surface area contributed by atoms with E-state index in [1.807, 2.05) is 0 Å². The van der Waals surface area contributed by atoms with Crippen molar-refractivity contribution in [1.82, 2.24) is 30.1 Å². The monoisotopic (exact) mass is 365 g/mol. The van der Waals surface area contributed by atoms with E-state index >= 15 is 0 Å². The van der Waals surface area contributed by atoms with Gasteiger partial charge in [-0.1, -0.05) is 16.4 Å². The van der Waals surface area contributed by atoms with Crippen LogP contribution < -0.4 is 4.90 Å². The number of aryl methyl sites for hydroxylation is 1. The van der Waals surface area contributed by atoms with Crippen molar-refractivity contribution in [3.05, 3.63) is 36.5 Å². The summed E-state index contributed by atoms with van der Waals surface area (Å²) in [4.78, 5) is 9.68. The Balaban J connectivity index is 1.70. The summed E-state index contributed by atoms with van der Waals surface area (Å²) in [6, 6.07) is 5.11. The van der Waals surface area contributed by atoms with Crippen LogP contribution in [-0.2, 0) is 12.5 Å². The fraction of sp³-hybridized carbons (Fsp3) is 0.400. The van der Waals surface area contributed by atoms with Crippen LogP contribution in [0, 0.1) is 0 Å². The average molecular weight is 365 g/mol. The van der Waals surface area contributed by atoms with E-state index in [0.717, 1.165) is 0 Å². The van der Waals surface area contributed by atoms with E-state index in [2.05, 4.69) is 25.4 Å². The van der Waals surface area contributed by atoms with Crippen molar-refractivity contribution in [1.29, 1.82) is 0 Å². The first-order valence-corrected chi connectivity index (χ1v) is 7.83. The molecule has 136 valence electrons. The van der Waals surface area contributed by atoms with Crippen LogP contribution >= 0.6 is 0 Å². The Morgan fingerprint density at radius 3 is 2.77 bits per heavy atom. The summed E-state index contributed by atoms with van der Waals surface area (Å²) in [6.07, 6.45) is -1.70. The molecule has 1 unspecified atom stereocenters. The topological polar surface area (TPSA) is 85.8 Å². The molecule has 0 spiro atoms. The quantitative estimate of drug-likeness (QED) is 0.701. The molecule has 0 bridgehead atoms. The number of aromatic nitrogens is 6. The third kappa shape index (κ3) is 2.59. The van der Waals surface area contributed by atoms with Gasteiger partial charge in [-0.3, -0.25) is 4.68 Å². The van der Waals surface area contributed by atoms with E-state index in [9.17, 15) is 13.2 Å². The van der Waals surface area contributed by atoms with Gasteiger partial charge < -0.3 is 9.42 Å². The normalized spacial score (nSPS) is 20.7. The number of halogens is 3. The number of anilines is 1. The van der Waals surface area contributed by atoms with Crippen LogP contribution in [0.2, 0.25) is 0 Å². The molecule has 11 heteroatoms. The van der Waals surface area contributed by atoms with Crippen molar-refractivity contribution in [3.8, 4) is 11.5 Å². The van der Waals surface area contributed by atoms with Crippen LogP contribution in [0.5, 0.6) is 0 Å². The summed E-state index contributed by atoms with van der Waals surface area (Å²) in [6.45, 7) is -0.158. The molecular weight excluding hydrogens is 351 g/mol. The molecule has 0 aromatic carbocycles. The summed E-state index contributed by atoms with van der Waals surface area (Å²) in [5, 5.41) is 11.2. The van der Waals surface area contributed by atoms with Gasteiger partial charge in [0.15, 0.2) is 11.1 Å². The van der Waals surface area contributed by atoms with Crippen LogP contribution in [0.3, 0.4) is 0 Å². The second kappa shape index (κ2) is 5.78. The van der Waals surface area contributed by atoms with Crippen LogP contribution in [0.4, 0.5) is 19.0 Å². The third-order valence-electron chi connectivity index (χ3n) is 4.45. The minimum Gasteiger partial charge on any atom is -0.355 e. The molecule has 1 aliphatic rings. The second-order valence-corrected chi connectivity index (χ2v) is 6.14. The summed E-state index contributed by atoms with van der Waals surface area (Å²) < 4.78 is 48.4. The number of nitrogens with zero attached hydrogens (tertiary/aromatic N) is 7. The van der Waals surface area contributed by atoms with E-state index in [1.165, 1.54) is 10.9 Å². The zero-order valence-corrected chi connectivity index (χ0v) is 13.7. The third-order valence-corrected chi connectivity index (χ3v) is 4.45. The lowest BCUT2D eigenvalue weighted by Crippen LogP contribution is -2.45. The Bertz CT molecular complexity index is 907. The highest BCUT2D eigenvalue weighted by Gasteiger charge is 2.63. The van der Waals surface area contributed by atoms with Gasteiger partial charge in [-0.15, -0.1) is 5.10 Å². The van der Waals surface area contributed by atoms with E-state index in [-0.39, 0.29) is 31.0 Å². The van der Waals surface area contributed by atoms with Gasteiger partial charge in [0.2, 0.25) is 11.7 Å². The van der Waals surface area contributed by atoms with E-state index < -0.39 is 17.5 Å². The Labute approximate surface area is 145 Å². The average Bonchev–Trinajstić information content (AvgIpc) is 3.34. The molecular formula is C15H14F3N7O. The van der Waals surface area contributed by atoms with Gasteiger partial charge in [0, 0.05) is 26.3 Å². The van der Waals surface area contributed by atoms with Crippen molar-refractivity contribution < 1.29 is 17.7 Å². The number of hydrogen-bond donors (Lipinski definition) is 0. The van der Waals surface area contributed by atoms with E-state index in [0.29, 0.717) is 5.82 Å². The van der Waals surface area contributed by atoms with Crippen LogP contribution in [0.15, 0.2) is 35.1 Å². The van der Waals surface area contributed by atoms with Crippen molar-refractivity contribution in [2.24, 2.45) is 7.05 Å². The zero-order chi connectivity index (χ0) is 18.4. The van der Waals surface area contributed by atoms with Gasteiger partial charge in [0.25, 0.3) is 0 Å². The molecule has 1 fully saturated rings. The highest BCUT2D eigenvalue weighted by molar-refractivity contribution is 5.47. The minimum absolute atomic E-state index is 0.0204. The highest BCUT2D eigenvalue weighted by Crippen LogP contribution is 2.47. The molecule has 8 nitrogen and oxygen atoms in total. The summed E-state index contributed by atoms with van der Waals surface area (Å²) in [7, 11) is 1.64. The maximum Gasteiger partial charge on any atom is 0.405 e. The molecule has 3 aromatic rings. The molecule has 0 radical (unpaired) electrons. The Hall–Kier alpha value is -2.98. The van der Waals surface area contributed by atoms with E-state index in [1.54, 1.807) is 36.3 Å². The molecule has 1 saturated heterocycles. The molecule has 0 saturated carbocycles. The first-order valence-electron chi connectivity index (χ1n) is 7.83. The van der Waals surface area contributed by atoms with Crippen LogP contribution in [0.1, 0.15) is 12.3 Å². The van der Waals surface area contributed by atoms with Gasteiger partial charge in [-0.2, -0.15) is 18.2 Å². The van der Waals surface area contributed by atoms with Crippen molar-refractivity contribution in [3.63, 3.8) is 0 Å². The fourth-order valence-electron chi connectivity index (χ4n) is 3.04. The molecule has 1 atom stereocenters. The lowest BCUT2D eigenvalue weighted by atomic mass is 9.86.